The van der Waals surface area contributed by atoms with E-state index in [1.165, 1.54) is 0 Å². The number of aromatic nitrogens is 3. The molecule has 22 heavy (non-hydrogen) atoms. The van der Waals surface area contributed by atoms with Gasteiger partial charge in [-0.25, -0.2) is 4.68 Å². The van der Waals surface area contributed by atoms with E-state index in [-0.39, 0.29) is 12.5 Å². The summed E-state index contributed by atoms with van der Waals surface area (Å²) in [5.74, 6) is -0.134. The fourth-order valence-electron chi connectivity index (χ4n) is 2.33. The van der Waals surface area contributed by atoms with Gasteiger partial charge in [-0.15, -0.1) is 5.10 Å². The molecule has 0 unspecified atom stereocenters. The van der Waals surface area contributed by atoms with Crippen LogP contribution in [-0.2, 0) is 11.3 Å². The van der Waals surface area contributed by atoms with Crippen LogP contribution in [0.2, 0.25) is 0 Å². The Bertz CT molecular complexity index is 809. The standard InChI is InChI=1S/C16H17N5O/c1-20(2)14-9-5-3-7-12(14)17-16(22)11-21-15-10-6-4-8-13(15)18-19-21/h3-10H,11H2,1-2H3,(H,17,22). The molecule has 0 radical (unpaired) electrons. The molecule has 0 spiro atoms. The molecule has 0 bridgehead atoms. The third kappa shape index (κ3) is 2.76. The summed E-state index contributed by atoms with van der Waals surface area (Å²) in [5.41, 5.74) is 3.36. The van der Waals surface area contributed by atoms with Crippen LogP contribution in [0.25, 0.3) is 11.0 Å². The van der Waals surface area contributed by atoms with E-state index in [1.807, 2.05) is 67.5 Å². The van der Waals surface area contributed by atoms with Crippen LogP contribution in [0.5, 0.6) is 0 Å². The fraction of sp³-hybridized carbons (Fsp3) is 0.188. The van der Waals surface area contributed by atoms with Crippen LogP contribution < -0.4 is 10.2 Å². The first-order valence-corrected chi connectivity index (χ1v) is 6.99. The number of nitrogens with zero attached hydrogens (tertiary/aromatic N) is 4. The quantitative estimate of drug-likeness (QED) is 0.801. The van der Waals surface area contributed by atoms with Gasteiger partial charge >= 0.3 is 0 Å². The monoisotopic (exact) mass is 295 g/mol. The Hall–Kier alpha value is -2.89. The van der Waals surface area contributed by atoms with Crippen molar-refractivity contribution in [3.05, 3.63) is 48.5 Å². The lowest BCUT2D eigenvalue weighted by molar-refractivity contribution is -0.116. The van der Waals surface area contributed by atoms with Crippen LogP contribution in [0.3, 0.4) is 0 Å². The zero-order valence-electron chi connectivity index (χ0n) is 12.5. The fourth-order valence-corrected chi connectivity index (χ4v) is 2.33. The van der Waals surface area contributed by atoms with E-state index in [2.05, 4.69) is 15.6 Å². The number of benzene rings is 2. The average molecular weight is 295 g/mol. The summed E-state index contributed by atoms with van der Waals surface area (Å²) in [5, 5.41) is 11.0. The van der Waals surface area contributed by atoms with Crippen molar-refractivity contribution in [1.29, 1.82) is 0 Å². The molecule has 0 atom stereocenters. The molecule has 0 fully saturated rings. The van der Waals surface area contributed by atoms with Gasteiger partial charge in [-0.2, -0.15) is 0 Å². The zero-order valence-corrected chi connectivity index (χ0v) is 12.5. The van der Waals surface area contributed by atoms with E-state index in [0.717, 1.165) is 22.4 Å². The summed E-state index contributed by atoms with van der Waals surface area (Å²) in [4.78, 5) is 14.2. The number of nitrogens with one attached hydrogen (secondary N) is 1. The number of amides is 1. The molecule has 1 amide bonds. The first-order chi connectivity index (χ1) is 10.6. The van der Waals surface area contributed by atoms with Gasteiger partial charge in [0.2, 0.25) is 5.91 Å². The number of para-hydroxylation sites is 3. The Balaban J connectivity index is 1.79. The summed E-state index contributed by atoms with van der Waals surface area (Å²) >= 11 is 0. The summed E-state index contributed by atoms with van der Waals surface area (Å²) in [6, 6.07) is 15.3. The lowest BCUT2D eigenvalue weighted by Crippen LogP contribution is -2.21. The maximum atomic E-state index is 12.3. The number of anilines is 2. The maximum Gasteiger partial charge on any atom is 0.246 e. The highest BCUT2D eigenvalue weighted by molar-refractivity contribution is 5.94. The highest BCUT2D eigenvalue weighted by Crippen LogP contribution is 2.23. The van der Waals surface area contributed by atoms with Crippen LogP contribution in [0.1, 0.15) is 0 Å². The van der Waals surface area contributed by atoms with Crippen molar-refractivity contribution in [2.24, 2.45) is 0 Å². The Morgan fingerprint density at radius 2 is 1.86 bits per heavy atom. The molecule has 0 saturated heterocycles. The summed E-state index contributed by atoms with van der Waals surface area (Å²) in [6.45, 7) is 0.127. The van der Waals surface area contributed by atoms with Gasteiger partial charge < -0.3 is 10.2 Å². The van der Waals surface area contributed by atoms with Gasteiger partial charge in [-0.1, -0.05) is 29.5 Å². The van der Waals surface area contributed by atoms with E-state index < -0.39 is 0 Å². The van der Waals surface area contributed by atoms with E-state index in [4.69, 9.17) is 0 Å². The summed E-state index contributed by atoms with van der Waals surface area (Å²) in [7, 11) is 3.88. The molecule has 3 aromatic rings. The molecule has 0 aliphatic heterocycles. The Kier molecular flexibility index (Phi) is 3.74. The number of carbonyl (C=O) groups excluding carboxylic acids is 1. The highest BCUT2D eigenvalue weighted by Gasteiger charge is 2.11. The second kappa shape index (κ2) is 5.85. The van der Waals surface area contributed by atoms with Crippen molar-refractivity contribution in [1.82, 2.24) is 15.0 Å². The molecule has 112 valence electrons. The van der Waals surface area contributed by atoms with Gasteiger partial charge in [0, 0.05) is 14.1 Å². The molecule has 1 aromatic heterocycles. The van der Waals surface area contributed by atoms with Crippen molar-refractivity contribution < 1.29 is 4.79 Å². The normalized spacial score (nSPS) is 10.6. The Morgan fingerprint density at radius 1 is 1.14 bits per heavy atom. The minimum Gasteiger partial charge on any atom is -0.376 e. The summed E-state index contributed by atoms with van der Waals surface area (Å²) < 4.78 is 1.60. The first kappa shape index (κ1) is 14.1. The van der Waals surface area contributed by atoms with Crippen molar-refractivity contribution >= 4 is 28.3 Å². The largest absolute Gasteiger partial charge is 0.376 e. The number of rotatable bonds is 4. The van der Waals surface area contributed by atoms with Crippen molar-refractivity contribution in [3.63, 3.8) is 0 Å². The van der Waals surface area contributed by atoms with E-state index in [1.54, 1.807) is 4.68 Å². The third-order valence-corrected chi connectivity index (χ3v) is 3.37. The third-order valence-electron chi connectivity index (χ3n) is 3.37. The topological polar surface area (TPSA) is 63.1 Å². The number of hydrogen-bond acceptors (Lipinski definition) is 4. The van der Waals surface area contributed by atoms with Crippen LogP contribution in [-0.4, -0.2) is 35.0 Å². The van der Waals surface area contributed by atoms with E-state index >= 15 is 0 Å². The molecule has 6 nitrogen and oxygen atoms in total. The molecule has 0 aliphatic rings. The van der Waals surface area contributed by atoms with Gasteiger partial charge in [-0.3, -0.25) is 4.79 Å². The van der Waals surface area contributed by atoms with Crippen LogP contribution in [0.4, 0.5) is 11.4 Å². The Morgan fingerprint density at radius 3 is 2.68 bits per heavy atom. The molecule has 0 saturated carbocycles. The minimum atomic E-state index is -0.134. The molecule has 0 aliphatic carbocycles. The van der Waals surface area contributed by atoms with Gasteiger partial charge in [0.05, 0.1) is 16.9 Å². The second-order valence-corrected chi connectivity index (χ2v) is 5.20. The van der Waals surface area contributed by atoms with E-state index in [0.29, 0.717) is 0 Å². The van der Waals surface area contributed by atoms with Crippen molar-refractivity contribution in [2.45, 2.75) is 6.54 Å². The molecule has 3 rings (SSSR count). The van der Waals surface area contributed by atoms with Gasteiger partial charge in [0.15, 0.2) is 0 Å². The van der Waals surface area contributed by atoms with Crippen LogP contribution in [0.15, 0.2) is 48.5 Å². The molecule has 6 heteroatoms. The lowest BCUT2D eigenvalue weighted by atomic mass is 10.2. The molecule has 1 heterocycles. The first-order valence-electron chi connectivity index (χ1n) is 6.99. The van der Waals surface area contributed by atoms with E-state index in [9.17, 15) is 4.79 Å². The highest BCUT2D eigenvalue weighted by atomic mass is 16.2. The minimum absolute atomic E-state index is 0.127. The molecule has 2 aromatic carbocycles. The van der Waals surface area contributed by atoms with Gasteiger partial charge in [0.1, 0.15) is 12.1 Å². The number of carbonyl (C=O) groups is 1. The lowest BCUT2D eigenvalue weighted by Gasteiger charge is -2.17. The van der Waals surface area contributed by atoms with Gasteiger partial charge in [0.25, 0.3) is 0 Å². The molecular formula is C16H17N5O. The van der Waals surface area contributed by atoms with Crippen molar-refractivity contribution in [3.8, 4) is 0 Å². The molecular weight excluding hydrogens is 278 g/mol. The summed E-state index contributed by atoms with van der Waals surface area (Å²) in [6.07, 6.45) is 0. The Labute approximate surface area is 128 Å². The average Bonchev–Trinajstić information content (AvgIpc) is 2.91. The second-order valence-electron chi connectivity index (χ2n) is 5.20. The SMILES string of the molecule is CN(C)c1ccccc1NC(=O)Cn1nnc2ccccc21. The van der Waals surface area contributed by atoms with Gasteiger partial charge in [-0.05, 0) is 24.3 Å². The predicted molar refractivity (Wildman–Crippen MR) is 86.9 cm³/mol. The van der Waals surface area contributed by atoms with Crippen LogP contribution in [0, 0.1) is 0 Å². The molecule has 1 N–H and O–H groups in total. The van der Waals surface area contributed by atoms with Crippen molar-refractivity contribution in [2.75, 3.05) is 24.3 Å². The van der Waals surface area contributed by atoms with Crippen LogP contribution >= 0.6 is 0 Å². The number of fused-ring (bicyclic) bond motifs is 1. The zero-order chi connectivity index (χ0) is 15.5. The number of hydrogen-bond donors (Lipinski definition) is 1. The predicted octanol–water partition coefficient (Wildman–Crippen LogP) is 2.14. The smallest absolute Gasteiger partial charge is 0.246 e. The maximum absolute atomic E-state index is 12.3.